The van der Waals surface area contributed by atoms with Crippen molar-refractivity contribution < 1.29 is 15.0 Å². The smallest absolute Gasteiger partial charge is 0.332 e. The third-order valence-corrected chi connectivity index (χ3v) is 2.63. The summed E-state index contributed by atoms with van der Waals surface area (Å²) >= 11 is 0. The fourth-order valence-electron chi connectivity index (χ4n) is 1.68. The van der Waals surface area contributed by atoms with E-state index in [0.717, 1.165) is 13.1 Å². The maximum absolute atomic E-state index is 11.5. The van der Waals surface area contributed by atoms with Crippen molar-refractivity contribution in [2.75, 3.05) is 13.1 Å². The molecular weight excluding hydrogens is 194 g/mol. The lowest BCUT2D eigenvalue weighted by atomic mass is 10.0. The van der Waals surface area contributed by atoms with Gasteiger partial charge in [-0.15, -0.1) is 5.76 Å². The number of carbonyl (C=O) groups is 1. The van der Waals surface area contributed by atoms with Crippen LogP contribution >= 0.6 is 0 Å². The molecule has 0 amide bonds. The van der Waals surface area contributed by atoms with Crippen LogP contribution in [0.3, 0.4) is 0 Å². The maximum atomic E-state index is 11.5. The molecule has 0 radical (unpaired) electrons. The summed E-state index contributed by atoms with van der Waals surface area (Å²) in [5.41, 5.74) is 0.00111. The van der Waals surface area contributed by atoms with E-state index >= 15 is 0 Å². The normalized spacial score (nSPS) is 15.0. The fourth-order valence-corrected chi connectivity index (χ4v) is 1.68. The Morgan fingerprint density at radius 2 is 1.80 bits per heavy atom. The van der Waals surface area contributed by atoms with Crippen LogP contribution in [0.4, 0.5) is 0 Å². The Labute approximate surface area is 91.2 Å². The van der Waals surface area contributed by atoms with Crippen LogP contribution in [-0.2, 0) is 4.79 Å². The molecule has 0 heterocycles. The second-order valence-electron chi connectivity index (χ2n) is 3.39. The average Bonchev–Trinajstić information content (AvgIpc) is 2.19. The average molecular weight is 214 g/mol. The van der Waals surface area contributed by atoms with E-state index in [-0.39, 0.29) is 23.8 Å². The van der Waals surface area contributed by atoms with Crippen LogP contribution < -0.4 is 5.11 Å². The third kappa shape index (κ3) is 3.55. The molecule has 0 fully saturated rings. The molecule has 0 saturated carbocycles. The highest BCUT2D eigenvalue weighted by molar-refractivity contribution is 5.88. The molecule has 15 heavy (non-hydrogen) atoms. The highest BCUT2D eigenvalue weighted by atomic mass is 16.4. The summed E-state index contributed by atoms with van der Waals surface area (Å²) in [5, 5.41) is 20.5. The molecule has 4 nitrogen and oxygen atoms in total. The van der Waals surface area contributed by atoms with Crippen LogP contribution in [0.2, 0.25) is 0 Å². The number of nitrogens with zero attached hydrogens (tertiary/aromatic N) is 1. The molecule has 0 aliphatic carbocycles. The number of rotatable bonds is 6. The molecule has 0 aromatic heterocycles. The van der Waals surface area contributed by atoms with E-state index in [4.69, 9.17) is 5.11 Å². The molecule has 0 bridgehead atoms. The van der Waals surface area contributed by atoms with Crippen molar-refractivity contribution in [3.63, 3.8) is 0 Å². The molecular formula is C11H20NO3-. The van der Waals surface area contributed by atoms with Gasteiger partial charge >= 0.3 is 5.97 Å². The van der Waals surface area contributed by atoms with E-state index in [9.17, 15) is 9.90 Å². The van der Waals surface area contributed by atoms with Gasteiger partial charge in [-0.1, -0.05) is 20.8 Å². The lowest BCUT2D eigenvalue weighted by Gasteiger charge is -2.30. The maximum Gasteiger partial charge on any atom is 0.332 e. The van der Waals surface area contributed by atoms with Gasteiger partial charge in [-0.2, -0.15) is 0 Å². The van der Waals surface area contributed by atoms with E-state index < -0.39 is 5.97 Å². The van der Waals surface area contributed by atoms with Crippen LogP contribution in [0.25, 0.3) is 0 Å². The predicted molar refractivity (Wildman–Crippen MR) is 57.3 cm³/mol. The first kappa shape index (κ1) is 14.0. The van der Waals surface area contributed by atoms with E-state index in [1.54, 1.807) is 13.8 Å². The van der Waals surface area contributed by atoms with Crippen LogP contribution in [0, 0.1) is 0 Å². The first-order valence-electron chi connectivity index (χ1n) is 5.36. The zero-order chi connectivity index (χ0) is 12.0. The number of allylic oxidation sites excluding steroid dienone is 1. The molecule has 0 aromatic carbocycles. The zero-order valence-corrected chi connectivity index (χ0v) is 9.91. The van der Waals surface area contributed by atoms with Gasteiger partial charge < -0.3 is 10.2 Å². The zero-order valence-electron chi connectivity index (χ0n) is 9.91. The van der Waals surface area contributed by atoms with Gasteiger partial charge in [-0.3, -0.25) is 4.90 Å². The second kappa shape index (κ2) is 6.45. The van der Waals surface area contributed by atoms with Crippen molar-refractivity contribution in [2.45, 2.75) is 40.2 Å². The molecule has 0 aliphatic heterocycles. The fraction of sp³-hybridized carbons (Fsp3) is 0.727. The lowest BCUT2D eigenvalue weighted by Crippen LogP contribution is -2.38. The molecule has 88 valence electrons. The molecule has 0 saturated heterocycles. The summed E-state index contributed by atoms with van der Waals surface area (Å²) in [6.45, 7) is 8.84. The Hall–Kier alpha value is -1.03. The minimum atomic E-state index is -1.10. The van der Waals surface area contributed by atoms with Crippen molar-refractivity contribution in [3.8, 4) is 0 Å². The molecule has 4 heteroatoms. The Bertz CT molecular complexity index is 244. The van der Waals surface area contributed by atoms with E-state index in [2.05, 4.69) is 0 Å². The lowest BCUT2D eigenvalue weighted by molar-refractivity contribution is -0.308. The summed E-state index contributed by atoms with van der Waals surface area (Å²) in [6, 6.07) is -0.315. The summed E-state index contributed by atoms with van der Waals surface area (Å²) in [4.78, 5) is 12.9. The summed E-state index contributed by atoms with van der Waals surface area (Å²) in [6.07, 6.45) is 0.243. The molecule has 1 unspecified atom stereocenters. The highest BCUT2D eigenvalue weighted by Crippen LogP contribution is 2.14. The Kier molecular flexibility index (Phi) is 6.01. The first-order chi connectivity index (χ1) is 6.99. The van der Waals surface area contributed by atoms with Crippen LogP contribution in [0.5, 0.6) is 0 Å². The number of carboxylic acid groups (broad SMARTS) is 1. The van der Waals surface area contributed by atoms with Crippen LogP contribution in [0.15, 0.2) is 11.3 Å². The molecule has 0 aliphatic rings. The van der Waals surface area contributed by atoms with Gasteiger partial charge in [-0.25, -0.2) is 4.79 Å². The number of likely N-dealkylation sites (N-methyl/N-ethyl adjacent to an activating group) is 1. The first-order valence-corrected chi connectivity index (χ1v) is 5.36. The standard InChI is InChI=1S/C11H21NO3/c1-5-9(13)10(11(14)15)8(4)12(6-2)7-3/h8,13H,5-7H2,1-4H3,(H,14,15)/p-1/b10-9-. The van der Waals surface area contributed by atoms with Gasteiger partial charge in [0.2, 0.25) is 0 Å². The second-order valence-corrected chi connectivity index (χ2v) is 3.39. The molecule has 0 spiro atoms. The Morgan fingerprint density at radius 3 is 2.07 bits per heavy atom. The van der Waals surface area contributed by atoms with Gasteiger partial charge in [-0.05, 0) is 26.4 Å². The summed E-state index contributed by atoms with van der Waals surface area (Å²) in [7, 11) is 0. The highest BCUT2D eigenvalue weighted by Gasteiger charge is 2.20. The van der Waals surface area contributed by atoms with Gasteiger partial charge in [0.25, 0.3) is 0 Å². The van der Waals surface area contributed by atoms with Crippen molar-refractivity contribution in [3.05, 3.63) is 11.3 Å². The minimum Gasteiger partial charge on any atom is -0.875 e. The van der Waals surface area contributed by atoms with Crippen molar-refractivity contribution >= 4 is 5.97 Å². The molecule has 1 N–H and O–H groups in total. The Morgan fingerprint density at radius 1 is 1.33 bits per heavy atom. The Balaban J connectivity index is 5.02. The minimum absolute atomic E-state index is 0.00111. The van der Waals surface area contributed by atoms with E-state index in [1.807, 2.05) is 18.7 Å². The number of hydrogen-bond donors (Lipinski definition) is 1. The topological polar surface area (TPSA) is 63.6 Å². The van der Waals surface area contributed by atoms with Gasteiger partial charge in [0.1, 0.15) is 0 Å². The van der Waals surface area contributed by atoms with Crippen molar-refractivity contribution in [2.24, 2.45) is 0 Å². The van der Waals surface area contributed by atoms with Gasteiger partial charge in [0.05, 0.1) is 0 Å². The van der Waals surface area contributed by atoms with Crippen LogP contribution in [0.1, 0.15) is 34.1 Å². The van der Waals surface area contributed by atoms with Crippen LogP contribution in [-0.4, -0.2) is 35.1 Å². The van der Waals surface area contributed by atoms with Gasteiger partial charge in [0.15, 0.2) is 0 Å². The van der Waals surface area contributed by atoms with E-state index in [1.165, 1.54) is 0 Å². The van der Waals surface area contributed by atoms with E-state index in [0.29, 0.717) is 0 Å². The monoisotopic (exact) mass is 214 g/mol. The third-order valence-electron chi connectivity index (χ3n) is 2.63. The van der Waals surface area contributed by atoms with Gasteiger partial charge in [0, 0.05) is 11.6 Å². The van der Waals surface area contributed by atoms with Crippen molar-refractivity contribution in [1.82, 2.24) is 4.90 Å². The largest absolute Gasteiger partial charge is 0.875 e. The quantitative estimate of drug-likeness (QED) is 0.525. The summed E-state index contributed by atoms with van der Waals surface area (Å²) < 4.78 is 0. The number of aliphatic carboxylic acids is 1. The predicted octanol–water partition coefficient (Wildman–Crippen LogP) is 0.826. The van der Waals surface area contributed by atoms with Crippen molar-refractivity contribution in [1.29, 1.82) is 0 Å². The number of hydrogen-bond acceptors (Lipinski definition) is 3. The SMILES string of the molecule is CC/C([O-])=C(/C(=O)O)C(C)N(CC)CC. The molecule has 0 rings (SSSR count). The molecule has 0 aromatic rings. The number of carboxylic acids is 1. The summed E-state index contributed by atoms with van der Waals surface area (Å²) in [5.74, 6) is -1.37. The molecule has 1 atom stereocenters.